The second kappa shape index (κ2) is 8.02. The van der Waals surface area contributed by atoms with Gasteiger partial charge >= 0.3 is 5.97 Å². The van der Waals surface area contributed by atoms with Crippen molar-refractivity contribution in [2.75, 3.05) is 14.2 Å². The van der Waals surface area contributed by atoms with Crippen LogP contribution in [-0.4, -0.2) is 31.2 Å². The van der Waals surface area contributed by atoms with E-state index in [0.717, 1.165) is 21.4 Å². The summed E-state index contributed by atoms with van der Waals surface area (Å²) in [4.78, 5) is 24.1. The van der Waals surface area contributed by atoms with Gasteiger partial charge in [0.25, 0.3) is 0 Å². The molecule has 2 aromatic carbocycles. The van der Waals surface area contributed by atoms with Gasteiger partial charge in [0.2, 0.25) is 0 Å². The summed E-state index contributed by atoms with van der Waals surface area (Å²) in [5, 5.41) is 1.93. The lowest BCUT2D eigenvalue weighted by molar-refractivity contribution is -0.140. The molecule has 0 saturated heterocycles. The van der Waals surface area contributed by atoms with Crippen LogP contribution in [0.2, 0.25) is 0 Å². The maximum atomic E-state index is 11.8. The van der Waals surface area contributed by atoms with Gasteiger partial charge in [0.1, 0.15) is 11.5 Å². The summed E-state index contributed by atoms with van der Waals surface area (Å²) in [6, 6.07) is 11.9. The summed E-state index contributed by atoms with van der Waals surface area (Å²) >= 11 is 1.49. The van der Waals surface area contributed by atoms with E-state index in [-0.39, 0.29) is 23.4 Å². The quantitative estimate of drug-likeness (QED) is 0.569. The number of thioether (sulfide) groups is 1. The zero-order valence-electron chi connectivity index (χ0n) is 13.5. The van der Waals surface area contributed by atoms with E-state index in [1.54, 1.807) is 14.0 Å². The van der Waals surface area contributed by atoms with E-state index in [2.05, 4.69) is 4.74 Å². The number of rotatable bonds is 7. The molecular weight excluding hydrogens is 312 g/mol. The number of Topliss-reactive ketones (excluding diaryl/α,β-unsaturated/α-hetero) is 1. The largest absolute Gasteiger partial charge is 0.497 e. The Morgan fingerprint density at radius 3 is 2.43 bits per heavy atom. The second-order valence-corrected chi connectivity index (χ2v) is 6.48. The van der Waals surface area contributed by atoms with Gasteiger partial charge in [0.05, 0.1) is 19.5 Å². The predicted octanol–water partition coefficient (Wildman–Crippen LogP) is 3.85. The molecule has 0 spiro atoms. The maximum Gasteiger partial charge on any atom is 0.305 e. The number of methoxy groups -OCH3 is 2. The third-order valence-electron chi connectivity index (χ3n) is 3.59. The Labute approximate surface area is 140 Å². The number of esters is 1. The van der Waals surface area contributed by atoms with E-state index in [4.69, 9.17) is 4.74 Å². The molecule has 0 fully saturated rings. The first-order valence-corrected chi connectivity index (χ1v) is 8.23. The Kier molecular flexibility index (Phi) is 6.04. The van der Waals surface area contributed by atoms with E-state index in [1.165, 1.54) is 18.9 Å². The molecule has 5 heteroatoms. The average molecular weight is 332 g/mol. The SMILES string of the molecule is COC(=O)CCC(Sc1ccc2cc(OC)ccc2c1)C(C)=O. The Hall–Kier alpha value is -2.01. The number of hydrogen-bond donors (Lipinski definition) is 0. The van der Waals surface area contributed by atoms with Crippen LogP contribution in [-0.2, 0) is 14.3 Å². The standard InChI is InChI=1S/C18H20O4S/c1-12(19)17(8-9-18(20)22-3)23-16-7-5-13-10-15(21-2)6-4-14(13)11-16/h4-7,10-11,17H,8-9H2,1-3H3. The second-order valence-electron chi connectivity index (χ2n) is 5.21. The minimum Gasteiger partial charge on any atom is -0.497 e. The highest BCUT2D eigenvalue weighted by atomic mass is 32.2. The van der Waals surface area contributed by atoms with Crippen LogP contribution in [0.1, 0.15) is 19.8 Å². The fraction of sp³-hybridized carbons (Fsp3) is 0.333. The van der Waals surface area contributed by atoms with Crippen molar-refractivity contribution in [3.63, 3.8) is 0 Å². The van der Waals surface area contributed by atoms with Crippen molar-refractivity contribution in [3.05, 3.63) is 36.4 Å². The van der Waals surface area contributed by atoms with Gasteiger partial charge in [-0.05, 0) is 48.4 Å². The summed E-state index contributed by atoms with van der Waals surface area (Å²) in [6.45, 7) is 1.56. The summed E-state index contributed by atoms with van der Waals surface area (Å²) in [5.41, 5.74) is 0. The summed E-state index contributed by atoms with van der Waals surface area (Å²) in [5.74, 6) is 0.591. The number of fused-ring (bicyclic) bond motifs is 1. The van der Waals surface area contributed by atoms with Crippen LogP contribution in [0, 0.1) is 0 Å². The van der Waals surface area contributed by atoms with Crippen LogP contribution in [0.15, 0.2) is 41.3 Å². The average Bonchev–Trinajstić information content (AvgIpc) is 2.57. The molecule has 2 aromatic rings. The van der Waals surface area contributed by atoms with Crippen LogP contribution in [0.5, 0.6) is 5.75 Å². The first kappa shape index (κ1) is 17.3. The van der Waals surface area contributed by atoms with Crippen LogP contribution in [0.25, 0.3) is 10.8 Å². The molecule has 1 atom stereocenters. The van der Waals surface area contributed by atoms with Crippen molar-refractivity contribution in [3.8, 4) is 5.75 Å². The molecule has 4 nitrogen and oxygen atoms in total. The molecule has 23 heavy (non-hydrogen) atoms. The maximum absolute atomic E-state index is 11.8. The summed E-state index contributed by atoms with van der Waals surface area (Å²) in [7, 11) is 3.00. The van der Waals surface area contributed by atoms with Crippen molar-refractivity contribution in [2.24, 2.45) is 0 Å². The summed E-state index contributed by atoms with van der Waals surface area (Å²) < 4.78 is 9.86. The van der Waals surface area contributed by atoms with Crippen molar-refractivity contribution in [1.82, 2.24) is 0 Å². The van der Waals surface area contributed by atoms with Gasteiger partial charge < -0.3 is 9.47 Å². The highest BCUT2D eigenvalue weighted by molar-refractivity contribution is 8.00. The monoisotopic (exact) mass is 332 g/mol. The first-order chi connectivity index (χ1) is 11.0. The Morgan fingerprint density at radius 1 is 1.09 bits per heavy atom. The molecule has 0 aliphatic heterocycles. The van der Waals surface area contributed by atoms with Crippen molar-refractivity contribution in [2.45, 2.75) is 29.9 Å². The van der Waals surface area contributed by atoms with Crippen LogP contribution < -0.4 is 4.74 Å². The number of benzene rings is 2. The molecule has 0 aromatic heterocycles. The minimum absolute atomic E-state index is 0.0636. The minimum atomic E-state index is -0.289. The fourth-order valence-corrected chi connectivity index (χ4v) is 3.33. The smallest absolute Gasteiger partial charge is 0.305 e. The molecule has 0 bridgehead atoms. The van der Waals surface area contributed by atoms with Crippen molar-refractivity contribution < 1.29 is 19.1 Å². The zero-order chi connectivity index (χ0) is 16.8. The molecular formula is C18H20O4S. The van der Waals surface area contributed by atoms with E-state index in [0.29, 0.717) is 6.42 Å². The normalized spacial score (nSPS) is 12.0. The third-order valence-corrected chi connectivity index (χ3v) is 4.97. The molecule has 2 rings (SSSR count). The molecule has 0 heterocycles. The van der Waals surface area contributed by atoms with E-state index < -0.39 is 0 Å². The van der Waals surface area contributed by atoms with E-state index >= 15 is 0 Å². The van der Waals surface area contributed by atoms with Crippen LogP contribution >= 0.6 is 11.8 Å². The molecule has 0 saturated carbocycles. The van der Waals surface area contributed by atoms with Gasteiger partial charge in [-0.1, -0.05) is 12.1 Å². The Bertz CT molecular complexity index is 711. The number of ketones is 1. The van der Waals surface area contributed by atoms with Crippen molar-refractivity contribution >= 4 is 34.3 Å². The van der Waals surface area contributed by atoms with Crippen LogP contribution in [0.3, 0.4) is 0 Å². The fourth-order valence-electron chi connectivity index (χ4n) is 2.26. The summed E-state index contributed by atoms with van der Waals surface area (Å²) in [6.07, 6.45) is 0.728. The van der Waals surface area contributed by atoms with Gasteiger partial charge in [0.15, 0.2) is 0 Å². The molecule has 0 amide bonds. The predicted molar refractivity (Wildman–Crippen MR) is 92.1 cm³/mol. The van der Waals surface area contributed by atoms with E-state index in [9.17, 15) is 9.59 Å². The highest BCUT2D eigenvalue weighted by Crippen LogP contribution is 2.31. The number of carbonyl (C=O) groups excluding carboxylic acids is 2. The number of hydrogen-bond acceptors (Lipinski definition) is 5. The lowest BCUT2D eigenvalue weighted by Crippen LogP contribution is -2.15. The van der Waals surface area contributed by atoms with Crippen LogP contribution in [0.4, 0.5) is 0 Å². The first-order valence-electron chi connectivity index (χ1n) is 7.35. The molecule has 0 aliphatic carbocycles. The topological polar surface area (TPSA) is 52.6 Å². The van der Waals surface area contributed by atoms with Gasteiger partial charge in [-0.2, -0.15) is 0 Å². The molecule has 0 radical (unpaired) electrons. The third kappa shape index (κ3) is 4.73. The Morgan fingerprint density at radius 2 is 1.78 bits per heavy atom. The van der Waals surface area contributed by atoms with Gasteiger partial charge in [-0.25, -0.2) is 0 Å². The van der Waals surface area contributed by atoms with Crippen molar-refractivity contribution in [1.29, 1.82) is 0 Å². The number of ether oxygens (including phenoxy) is 2. The van der Waals surface area contributed by atoms with Gasteiger partial charge in [-0.15, -0.1) is 11.8 Å². The van der Waals surface area contributed by atoms with Gasteiger partial charge in [0, 0.05) is 11.3 Å². The molecule has 0 N–H and O–H groups in total. The van der Waals surface area contributed by atoms with Gasteiger partial charge in [-0.3, -0.25) is 9.59 Å². The lowest BCUT2D eigenvalue weighted by Gasteiger charge is -2.13. The Balaban J connectivity index is 2.14. The lowest BCUT2D eigenvalue weighted by atomic mass is 10.1. The van der Waals surface area contributed by atoms with E-state index in [1.807, 2.05) is 36.4 Å². The molecule has 0 aliphatic rings. The highest BCUT2D eigenvalue weighted by Gasteiger charge is 2.18. The zero-order valence-corrected chi connectivity index (χ0v) is 14.3. The molecule has 1 unspecified atom stereocenters. The number of carbonyl (C=O) groups is 2. The molecule has 122 valence electrons.